The average molecular weight is 552 g/mol. The van der Waals surface area contributed by atoms with Crippen molar-refractivity contribution >= 4 is 63.9 Å². The highest BCUT2D eigenvalue weighted by Crippen LogP contribution is 2.37. The molecular weight excluding hydrogens is 536 g/mol. The van der Waals surface area contributed by atoms with Gasteiger partial charge in [-0.2, -0.15) is 13.2 Å². The van der Waals surface area contributed by atoms with Crippen LogP contribution in [0.1, 0.15) is 22.3 Å². The third-order valence-electron chi connectivity index (χ3n) is 3.85. The minimum Gasteiger partial charge on any atom is -0.490 e. The standard InChI is InChI=1S/C20H15Cl5F3NO3/c21-14-3-2-11(20(26,27)28)8-13(14)19(30)29-5-1-6-32-18-15(22)9-12(10-16(18)23)31-7-4-17(24)25/h2-4,8-10H,1,5-7H2,(H,29,30). The van der Waals surface area contributed by atoms with E-state index in [-0.39, 0.29) is 50.6 Å². The number of benzene rings is 2. The van der Waals surface area contributed by atoms with E-state index in [0.29, 0.717) is 18.2 Å². The lowest BCUT2D eigenvalue weighted by molar-refractivity contribution is -0.137. The van der Waals surface area contributed by atoms with Crippen LogP contribution in [0.2, 0.25) is 15.1 Å². The largest absolute Gasteiger partial charge is 0.490 e. The molecule has 0 spiro atoms. The van der Waals surface area contributed by atoms with Gasteiger partial charge in [-0.15, -0.1) is 0 Å². The van der Waals surface area contributed by atoms with Crippen LogP contribution in [0.15, 0.2) is 40.9 Å². The molecule has 0 aliphatic rings. The van der Waals surface area contributed by atoms with Crippen molar-refractivity contribution in [2.75, 3.05) is 19.8 Å². The molecule has 0 saturated heterocycles. The fourth-order valence-electron chi connectivity index (χ4n) is 2.38. The van der Waals surface area contributed by atoms with Crippen LogP contribution in [0.25, 0.3) is 0 Å². The van der Waals surface area contributed by atoms with E-state index in [0.717, 1.165) is 12.1 Å². The topological polar surface area (TPSA) is 47.6 Å². The van der Waals surface area contributed by atoms with Crippen molar-refractivity contribution in [2.24, 2.45) is 0 Å². The van der Waals surface area contributed by atoms with Crippen LogP contribution in [0.4, 0.5) is 13.2 Å². The second-order valence-electron chi connectivity index (χ2n) is 6.17. The first-order chi connectivity index (χ1) is 15.0. The molecule has 2 aromatic carbocycles. The molecule has 174 valence electrons. The second-order valence-corrected chi connectivity index (χ2v) is 8.40. The summed E-state index contributed by atoms with van der Waals surface area (Å²) in [7, 11) is 0. The van der Waals surface area contributed by atoms with Crippen LogP contribution in [0.5, 0.6) is 11.5 Å². The first kappa shape index (κ1) is 26.7. The summed E-state index contributed by atoms with van der Waals surface area (Å²) < 4.78 is 49.5. The van der Waals surface area contributed by atoms with Crippen LogP contribution < -0.4 is 14.8 Å². The number of halogens is 8. The molecule has 0 heterocycles. The van der Waals surface area contributed by atoms with Gasteiger partial charge in [0.1, 0.15) is 16.8 Å². The minimum atomic E-state index is -4.58. The number of amides is 1. The summed E-state index contributed by atoms with van der Waals surface area (Å²) in [6.07, 6.45) is -2.82. The van der Waals surface area contributed by atoms with E-state index < -0.39 is 17.6 Å². The van der Waals surface area contributed by atoms with E-state index in [4.69, 9.17) is 67.5 Å². The maximum Gasteiger partial charge on any atom is 0.416 e. The summed E-state index contributed by atoms with van der Waals surface area (Å²) >= 11 is 29.2. The summed E-state index contributed by atoms with van der Waals surface area (Å²) in [6.45, 7) is 0.360. The molecule has 0 aromatic heterocycles. The van der Waals surface area contributed by atoms with Crippen molar-refractivity contribution in [3.05, 3.63) is 67.1 Å². The van der Waals surface area contributed by atoms with Gasteiger partial charge in [0.25, 0.3) is 5.91 Å². The molecule has 0 atom stereocenters. The quantitative estimate of drug-likeness (QED) is 0.327. The second kappa shape index (κ2) is 12.1. The number of rotatable bonds is 9. The molecule has 0 aliphatic carbocycles. The van der Waals surface area contributed by atoms with Crippen molar-refractivity contribution in [2.45, 2.75) is 12.6 Å². The lowest BCUT2D eigenvalue weighted by Crippen LogP contribution is -2.26. The summed E-state index contributed by atoms with van der Waals surface area (Å²) in [5.41, 5.74) is -1.23. The minimum absolute atomic E-state index is 0.0598. The molecule has 0 radical (unpaired) electrons. The Labute approximate surface area is 207 Å². The van der Waals surface area contributed by atoms with Crippen LogP contribution in [0.3, 0.4) is 0 Å². The Morgan fingerprint density at radius 1 is 1.00 bits per heavy atom. The SMILES string of the molecule is O=C(NCCCOc1c(Cl)cc(OCC=C(Cl)Cl)cc1Cl)c1cc(C(F)(F)F)ccc1Cl. The third-order valence-corrected chi connectivity index (χ3v) is 5.05. The molecule has 32 heavy (non-hydrogen) atoms. The highest BCUT2D eigenvalue weighted by Gasteiger charge is 2.31. The Kier molecular flexibility index (Phi) is 10.1. The fraction of sp³-hybridized carbons (Fsp3) is 0.250. The fourth-order valence-corrected chi connectivity index (χ4v) is 3.28. The molecule has 1 amide bonds. The predicted molar refractivity (Wildman–Crippen MR) is 121 cm³/mol. The Morgan fingerprint density at radius 3 is 2.25 bits per heavy atom. The maximum atomic E-state index is 12.8. The van der Waals surface area contributed by atoms with Gasteiger partial charge in [0.05, 0.1) is 32.8 Å². The van der Waals surface area contributed by atoms with E-state index in [1.54, 1.807) is 0 Å². The van der Waals surface area contributed by atoms with E-state index in [1.807, 2.05) is 0 Å². The zero-order chi connectivity index (χ0) is 23.9. The highest BCUT2D eigenvalue weighted by molar-refractivity contribution is 6.55. The number of nitrogens with one attached hydrogen (secondary N) is 1. The molecule has 4 nitrogen and oxygen atoms in total. The first-order valence-electron chi connectivity index (χ1n) is 8.89. The lowest BCUT2D eigenvalue weighted by atomic mass is 10.1. The van der Waals surface area contributed by atoms with Crippen molar-refractivity contribution in [3.8, 4) is 11.5 Å². The van der Waals surface area contributed by atoms with Crippen LogP contribution in [-0.4, -0.2) is 25.7 Å². The van der Waals surface area contributed by atoms with E-state index in [2.05, 4.69) is 5.32 Å². The lowest BCUT2D eigenvalue weighted by Gasteiger charge is -2.13. The Bertz CT molecular complexity index is 972. The van der Waals surface area contributed by atoms with Gasteiger partial charge in [-0.05, 0) is 30.7 Å². The van der Waals surface area contributed by atoms with E-state index in [9.17, 15) is 18.0 Å². The van der Waals surface area contributed by atoms with Crippen molar-refractivity contribution in [1.29, 1.82) is 0 Å². The zero-order valence-electron chi connectivity index (χ0n) is 16.0. The van der Waals surface area contributed by atoms with Crippen LogP contribution >= 0.6 is 58.0 Å². The van der Waals surface area contributed by atoms with Crippen LogP contribution in [0, 0.1) is 0 Å². The molecule has 0 unspecified atom stereocenters. The molecular formula is C20H15Cl5F3NO3. The summed E-state index contributed by atoms with van der Waals surface area (Å²) in [4.78, 5) is 12.2. The van der Waals surface area contributed by atoms with Gasteiger partial charge >= 0.3 is 6.18 Å². The number of carbonyl (C=O) groups excluding carboxylic acids is 1. The molecule has 1 N–H and O–H groups in total. The summed E-state index contributed by atoms with van der Waals surface area (Å²) in [5.74, 6) is -0.132. The third kappa shape index (κ3) is 8.12. The molecule has 0 aliphatic heterocycles. The first-order valence-corrected chi connectivity index (χ1v) is 10.8. The van der Waals surface area contributed by atoms with Crippen molar-refractivity contribution < 1.29 is 27.4 Å². The highest BCUT2D eigenvalue weighted by atomic mass is 35.5. The molecule has 2 aromatic rings. The Morgan fingerprint density at radius 2 is 1.66 bits per heavy atom. The monoisotopic (exact) mass is 549 g/mol. The Balaban J connectivity index is 1.86. The number of alkyl halides is 3. The van der Waals surface area contributed by atoms with Crippen molar-refractivity contribution in [3.63, 3.8) is 0 Å². The molecule has 0 bridgehead atoms. The Hall–Kier alpha value is -1.51. The average Bonchev–Trinajstić information content (AvgIpc) is 2.68. The number of hydrogen-bond donors (Lipinski definition) is 1. The van der Waals surface area contributed by atoms with Gasteiger partial charge in [0.2, 0.25) is 0 Å². The smallest absolute Gasteiger partial charge is 0.416 e. The summed E-state index contributed by atoms with van der Waals surface area (Å²) in [6, 6.07) is 5.53. The number of ether oxygens (including phenoxy) is 2. The van der Waals surface area contributed by atoms with Gasteiger partial charge in [-0.1, -0.05) is 58.0 Å². The van der Waals surface area contributed by atoms with Gasteiger partial charge in [-0.25, -0.2) is 0 Å². The summed E-state index contributed by atoms with van der Waals surface area (Å²) in [5, 5.41) is 2.81. The molecule has 2 rings (SSSR count). The molecule has 12 heteroatoms. The number of hydrogen-bond acceptors (Lipinski definition) is 3. The normalized spacial score (nSPS) is 11.1. The maximum absolute atomic E-state index is 12.8. The van der Waals surface area contributed by atoms with Gasteiger partial charge in [0, 0.05) is 18.7 Å². The predicted octanol–water partition coefficient (Wildman–Crippen LogP) is 7.56. The van der Waals surface area contributed by atoms with Gasteiger partial charge in [0.15, 0.2) is 5.75 Å². The van der Waals surface area contributed by atoms with Gasteiger partial charge in [-0.3, -0.25) is 4.79 Å². The molecule has 0 saturated carbocycles. The zero-order valence-corrected chi connectivity index (χ0v) is 19.8. The van der Waals surface area contributed by atoms with E-state index >= 15 is 0 Å². The molecule has 0 fully saturated rings. The van der Waals surface area contributed by atoms with Crippen molar-refractivity contribution in [1.82, 2.24) is 5.32 Å². The van der Waals surface area contributed by atoms with E-state index in [1.165, 1.54) is 18.2 Å². The van der Waals surface area contributed by atoms with Gasteiger partial charge < -0.3 is 14.8 Å². The number of carbonyl (C=O) groups is 1. The van der Waals surface area contributed by atoms with Crippen LogP contribution in [-0.2, 0) is 6.18 Å².